The van der Waals surface area contributed by atoms with Crippen LogP contribution in [0.15, 0.2) is 46.9 Å². The number of halogens is 3. The second-order valence-electron chi connectivity index (χ2n) is 4.48. The largest absolute Gasteiger partial charge is 0.484 e. The van der Waals surface area contributed by atoms with Gasteiger partial charge in [-0.2, -0.15) is 0 Å². The summed E-state index contributed by atoms with van der Waals surface area (Å²) in [6.45, 7) is 1.89. The molecule has 0 aromatic heterocycles. The van der Waals surface area contributed by atoms with Gasteiger partial charge in [0.1, 0.15) is 5.75 Å². The van der Waals surface area contributed by atoms with Crippen LogP contribution < -0.4 is 9.64 Å². The molecule has 0 aliphatic rings. The van der Waals surface area contributed by atoms with Crippen LogP contribution in [0.5, 0.6) is 5.75 Å². The highest BCUT2D eigenvalue weighted by Crippen LogP contribution is 2.19. The standard InChI is InChI=1S/C16H14BrF2NO2/c1-2-20(12-5-8-14(18)15(19)9-12)16(21)10-22-13-6-3-11(17)4-7-13/h3-9H,2,10H2,1H3. The summed E-state index contributed by atoms with van der Waals surface area (Å²) < 4.78 is 32.5. The highest BCUT2D eigenvalue weighted by atomic mass is 79.9. The van der Waals surface area contributed by atoms with Crippen molar-refractivity contribution in [1.29, 1.82) is 0 Å². The molecule has 0 N–H and O–H groups in total. The first kappa shape index (κ1) is 16.4. The van der Waals surface area contributed by atoms with E-state index in [-0.39, 0.29) is 12.5 Å². The highest BCUT2D eigenvalue weighted by Gasteiger charge is 2.16. The molecule has 3 nitrogen and oxygen atoms in total. The van der Waals surface area contributed by atoms with E-state index in [9.17, 15) is 13.6 Å². The quantitative estimate of drug-likeness (QED) is 0.791. The van der Waals surface area contributed by atoms with E-state index in [2.05, 4.69) is 15.9 Å². The Morgan fingerprint density at radius 1 is 1.14 bits per heavy atom. The minimum absolute atomic E-state index is 0.186. The predicted octanol–water partition coefficient (Wildman–Crippen LogP) is 4.16. The first-order valence-corrected chi connectivity index (χ1v) is 7.44. The molecule has 6 heteroatoms. The number of likely N-dealkylation sites (N-methyl/N-ethyl adjacent to an activating group) is 1. The third kappa shape index (κ3) is 4.04. The number of rotatable bonds is 5. The van der Waals surface area contributed by atoms with Gasteiger partial charge in [0.05, 0.1) is 0 Å². The predicted molar refractivity (Wildman–Crippen MR) is 84.0 cm³/mol. The number of carbonyl (C=O) groups excluding carboxylic acids is 1. The molecule has 0 aliphatic heterocycles. The molecule has 22 heavy (non-hydrogen) atoms. The van der Waals surface area contributed by atoms with Gasteiger partial charge in [-0.3, -0.25) is 4.79 Å². The number of anilines is 1. The normalized spacial score (nSPS) is 10.4. The van der Waals surface area contributed by atoms with Gasteiger partial charge >= 0.3 is 0 Å². The molecule has 0 unspecified atom stereocenters. The zero-order valence-corrected chi connectivity index (χ0v) is 13.4. The lowest BCUT2D eigenvalue weighted by atomic mass is 10.2. The maximum atomic E-state index is 13.3. The van der Waals surface area contributed by atoms with Crippen molar-refractivity contribution >= 4 is 27.5 Å². The van der Waals surface area contributed by atoms with Gasteiger partial charge in [-0.1, -0.05) is 15.9 Å². The molecule has 2 rings (SSSR count). The summed E-state index contributed by atoms with van der Waals surface area (Å²) in [5.41, 5.74) is 0.297. The molecule has 0 bridgehead atoms. The van der Waals surface area contributed by atoms with Gasteiger partial charge in [0, 0.05) is 22.8 Å². The van der Waals surface area contributed by atoms with Crippen LogP contribution in [0.2, 0.25) is 0 Å². The van der Waals surface area contributed by atoms with Crippen LogP contribution in [0, 0.1) is 11.6 Å². The van der Waals surface area contributed by atoms with E-state index in [0.717, 1.165) is 16.6 Å². The van der Waals surface area contributed by atoms with Crippen LogP contribution in [0.1, 0.15) is 6.92 Å². The van der Waals surface area contributed by atoms with Crippen LogP contribution in [-0.4, -0.2) is 19.1 Å². The highest BCUT2D eigenvalue weighted by molar-refractivity contribution is 9.10. The summed E-state index contributed by atoms with van der Waals surface area (Å²) in [5.74, 6) is -1.72. The zero-order valence-electron chi connectivity index (χ0n) is 11.9. The van der Waals surface area contributed by atoms with Crippen LogP contribution >= 0.6 is 15.9 Å². The van der Waals surface area contributed by atoms with Crippen molar-refractivity contribution in [1.82, 2.24) is 0 Å². The minimum atomic E-state index is -0.988. The Labute approximate surface area is 135 Å². The van der Waals surface area contributed by atoms with E-state index >= 15 is 0 Å². The van der Waals surface area contributed by atoms with E-state index in [1.165, 1.54) is 11.0 Å². The van der Waals surface area contributed by atoms with Crippen molar-refractivity contribution in [2.75, 3.05) is 18.1 Å². The Hall–Kier alpha value is -1.95. The Kier molecular flexibility index (Phi) is 5.49. The maximum absolute atomic E-state index is 13.3. The smallest absolute Gasteiger partial charge is 0.264 e. The lowest BCUT2D eigenvalue weighted by Crippen LogP contribution is -2.34. The Morgan fingerprint density at radius 2 is 1.82 bits per heavy atom. The van der Waals surface area contributed by atoms with Crippen LogP contribution in [-0.2, 0) is 4.79 Å². The van der Waals surface area contributed by atoms with Gasteiger partial charge in [0.2, 0.25) is 0 Å². The lowest BCUT2D eigenvalue weighted by Gasteiger charge is -2.21. The fourth-order valence-electron chi connectivity index (χ4n) is 1.91. The first-order chi connectivity index (χ1) is 10.5. The third-order valence-corrected chi connectivity index (χ3v) is 3.54. The van der Waals surface area contributed by atoms with E-state index in [4.69, 9.17) is 4.74 Å². The molecule has 2 aromatic carbocycles. The average molecular weight is 370 g/mol. The Balaban J connectivity index is 2.05. The van der Waals surface area contributed by atoms with Crippen LogP contribution in [0.3, 0.4) is 0 Å². The fraction of sp³-hybridized carbons (Fsp3) is 0.188. The fourth-order valence-corrected chi connectivity index (χ4v) is 2.17. The van der Waals surface area contributed by atoms with Gasteiger partial charge in [0.15, 0.2) is 18.2 Å². The molecule has 116 valence electrons. The average Bonchev–Trinajstić information content (AvgIpc) is 2.51. The minimum Gasteiger partial charge on any atom is -0.484 e. The Bertz CT molecular complexity index is 662. The first-order valence-electron chi connectivity index (χ1n) is 6.65. The second kappa shape index (κ2) is 7.35. The Morgan fingerprint density at radius 3 is 2.41 bits per heavy atom. The van der Waals surface area contributed by atoms with Gasteiger partial charge < -0.3 is 9.64 Å². The van der Waals surface area contributed by atoms with Crippen molar-refractivity contribution in [2.45, 2.75) is 6.92 Å². The summed E-state index contributed by atoms with van der Waals surface area (Å²) >= 11 is 3.31. The molecule has 0 saturated carbocycles. The summed E-state index contributed by atoms with van der Waals surface area (Å²) in [6, 6.07) is 10.4. The third-order valence-electron chi connectivity index (χ3n) is 3.01. The van der Waals surface area contributed by atoms with E-state index in [1.807, 2.05) is 0 Å². The van der Waals surface area contributed by atoms with Gasteiger partial charge in [0.25, 0.3) is 5.91 Å². The molecule has 0 heterocycles. The van der Waals surface area contributed by atoms with Gasteiger partial charge in [-0.05, 0) is 43.3 Å². The van der Waals surface area contributed by atoms with Crippen molar-refractivity contribution in [3.8, 4) is 5.75 Å². The lowest BCUT2D eigenvalue weighted by molar-refractivity contribution is -0.120. The van der Waals surface area contributed by atoms with Gasteiger partial charge in [-0.25, -0.2) is 8.78 Å². The number of ether oxygens (including phenoxy) is 1. The molecule has 1 amide bonds. The monoisotopic (exact) mass is 369 g/mol. The summed E-state index contributed by atoms with van der Waals surface area (Å²) in [5, 5.41) is 0. The van der Waals surface area contributed by atoms with Crippen LogP contribution in [0.25, 0.3) is 0 Å². The number of carbonyl (C=O) groups is 1. The molecule has 0 saturated heterocycles. The van der Waals surface area contributed by atoms with Crippen LogP contribution in [0.4, 0.5) is 14.5 Å². The molecular formula is C16H14BrF2NO2. The van der Waals surface area contributed by atoms with E-state index in [1.54, 1.807) is 31.2 Å². The van der Waals surface area contributed by atoms with Gasteiger partial charge in [-0.15, -0.1) is 0 Å². The second-order valence-corrected chi connectivity index (χ2v) is 5.39. The SMILES string of the molecule is CCN(C(=O)COc1ccc(Br)cc1)c1ccc(F)c(F)c1. The van der Waals surface area contributed by atoms with Crippen molar-refractivity contribution in [3.05, 3.63) is 58.6 Å². The summed E-state index contributed by atoms with van der Waals surface area (Å²) in [7, 11) is 0. The summed E-state index contributed by atoms with van der Waals surface area (Å²) in [6.07, 6.45) is 0. The summed E-state index contributed by atoms with van der Waals surface area (Å²) in [4.78, 5) is 13.5. The zero-order chi connectivity index (χ0) is 16.1. The number of amides is 1. The molecule has 2 aromatic rings. The van der Waals surface area contributed by atoms with E-state index in [0.29, 0.717) is 18.0 Å². The van der Waals surface area contributed by atoms with E-state index < -0.39 is 11.6 Å². The van der Waals surface area contributed by atoms with Crippen molar-refractivity contribution in [2.24, 2.45) is 0 Å². The molecule has 0 aliphatic carbocycles. The van der Waals surface area contributed by atoms with Crippen molar-refractivity contribution < 1.29 is 18.3 Å². The number of benzene rings is 2. The topological polar surface area (TPSA) is 29.5 Å². The molecule has 0 spiro atoms. The molecule has 0 radical (unpaired) electrons. The maximum Gasteiger partial charge on any atom is 0.264 e. The number of hydrogen-bond acceptors (Lipinski definition) is 2. The number of hydrogen-bond donors (Lipinski definition) is 0. The molecule has 0 atom stereocenters. The van der Waals surface area contributed by atoms with Crippen molar-refractivity contribution in [3.63, 3.8) is 0 Å². The molecule has 0 fully saturated rings. The number of nitrogens with zero attached hydrogens (tertiary/aromatic N) is 1. The molecular weight excluding hydrogens is 356 g/mol.